The monoisotopic (exact) mass is 306 g/mol. The fraction of sp³-hybridized carbons (Fsp3) is 0.889. The molecule has 2 amide bonds. The third-order valence-electron chi connectivity index (χ3n) is 6.14. The molecule has 0 spiro atoms. The first-order valence-corrected chi connectivity index (χ1v) is 9.03. The number of hydrogen-bond donors (Lipinski definition) is 1. The lowest BCUT2D eigenvalue weighted by Crippen LogP contribution is -2.51. The van der Waals surface area contributed by atoms with E-state index in [0.717, 1.165) is 31.3 Å². The van der Waals surface area contributed by atoms with Crippen molar-refractivity contribution in [2.75, 3.05) is 13.1 Å². The number of hydrogen-bond acceptors (Lipinski definition) is 2. The maximum absolute atomic E-state index is 12.4. The Bertz CT molecular complexity index is 440. The van der Waals surface area contributed by atoms with Crippen molar-refractivity contribution in [3.05, 3.63) is 0 Å². The average Bonchev–Trinajstić information content (AvgIpc) is 3.07. The van der Waals surface area contributed by atoms with Crippen LogP contribution in [0.3, 0.4) is 0 Å². The van der Waals surface area contributed by atoms with E-state index in [4.69, 9.17) is 0 Å². The van der Waals surface area contributed by atoms with E-state index in [1.807, 2.05) is 0 Å². The second-order valence-corrected chi connectivity index (χ2v) is 8.26. The van der Waals surface area contributed by atoms with Gasteiger partial charge >= 0.3 is 11.8 Å². The SMILES string of the molecule is CC1CC(C)CN(C(=O)C(=O)NC(C)C2CC3CCC2C3)C1. The average molecular weight is 306 g/mol. The molecule has 3 aliphatic rings. The summed E-state index contributed by atoms with van der Waals surface area (Å²) in [6, 6.07) is 0.131. The fourth-order valence-electron chi connectivity index (χ4n) is 5.25. The first-order chi connectivity index (χ1) is 10.4. The number of fused-ring (bicyclic) bond motifs is 2. The highest BCUT2D eigenvalue weighted by atomic mass is 16.2. The highest BCUT2D eigenvalue weighted by molar-refractivity contribution is 6.35. The van der Waals surface area contributed by atoms with Gasteiger partial charge in [-0.2, -0.15) is 0 Å². The van der Waals surface area contributed by atoms with Gasteiger partial charge in [-0.15, -0.1) is 0 Å². The van der Waals surface area contributed by atoms with Crippen LogP contribution >= 0.6 is 0 Å². The number of nitrogens with zero attached hydrogens (tertiary/aromatic N) is 1. The van der Waals surface area contributed by atoms with E-state index in [0.29, 0.717) is 17.8 Å². The Balaban J connectivity index is 1.53. The van der Waals surface area contributed by atoms with Gasteiger partial charge in [-0.25, -0.2) is 0 Å². The van der Waals surface area contributed by atoms with Gasteiger partial charge in [0, 0.05) is 19.1 Å². The predicted octanol–water partition coefficient (Wildman–Crippen LogP) is 2.43. The second-order valence-electron chi connectivity index (χ2n) is 8.26. The predicted molar refractivity (Wildman–Crippen MR) is 86.1 cm³/mol. The summed E-state index contributed by atoms with van der Waals surface area (Å²) in [5.74, 6) is 2.48. The van der Waals surface area contributed by atoms with Crippen LogP contribution in [0.25, 0.3) is 0 Å². The van der Waals surface area contributed by atoms with Crippen molar-refractivity contribution in [3.63, 3.8) is 0 Å². The summed E-state index contributed by atoms with van der Waals surface area (Å²) in [6.45, 7) is 7.84. The summed E-state index contributed by atoms with van der Waals surface area (Å²) in [6.07, 6.45) is 6.39. The summed E-state index contributed by atoms with van der Waals surface area (Å²) in [4.78, 5) is 26.5. The van der Waals surface area contributed by atoms with Crippen molar-refractivity contribution in [2.24, 2.45) is 29.6 Å². The minimum atomic E-state index is -0.392. The quantitative estimate of drug-likeness (QED) is 0.797. The maximum atomic E-state index is 12.4. The molecule has 0 radical (unpaired) electrons. The van der Waals surface area contributed by atoms with Crippen LogP contribution in [0, 0.1) is 29.6 Å². The number of amides is 2. The normalized spacial score (nSPS) is 38.9. The van der Waals surface area contributed by atoms with Gasteiger partial charge in [0.05, 0.1) is 0 Å². The molecule has 4 nitrogen and oxygen atoms in total. The minimum absolute atomic E-state index is 0.131. The molecule has 6 unspecified atom stereocenters. The topological polar surface area (TPSA) is 49.4 Å². The zero-order valence-electron chi connectivity index (χ0n) is 14.2. The van der Waals surface area contributed by atoms with Gasteiger partial charge in [-0.05, 0) is 62.2 Å². The highest BCUT2D eigenvalue weighted by Gasteiger charge is 2.42. The molecule has 3 rings (SSSR count). The van der Waals surface area contributed by atoms with Crippen LogP contribution < -0.4 is 5.32 Å². The van der Waals surface area contributed by atoms with Crippen molar-refractivity contribution < 1.29 is 9.59 Å². The Labute approximate surface area is 134 Å². The number of carbonyl (C=O) groups is 2. The van der Waals surface area contributed by atoms with E-state index in [-0.39, 0.29) is 11.9 Å². The first kappa shape index (κ1) is 15.8. The van der Waals surface area contributed by atoms with E-state index in [9.17, 15) is 9.59 Å². The first-order valence-electron chi connectivity index (χ1n) is 9.03. The van der Waals surface area contributed by atoms with Crippen LogP contribution in [0.5, 0.6) is 0 Å². The summed E-state index contributed by atoms with van der Waals surface area (Å²) < 4.78 is 0. The molecule has 2 bridgehead atoms. The molecule has 0 aromatic carbocycles. The number of piperidine rings is 1. The molecule has 1 saturated heterocycles. The van der Waals surface area contributed by atoms with Gasteiger partial charge in [0.15, 0.2) is 0 Å². The minimum Gasteiger partial charge on any atom is -0.345 e. The molecule has 1 aliphatic heterocycles. The van der Waals surface area contributed by atoms with Crippen LogP contribution in [0.4, 0.5) is 0 Å². The molecule has 2 aliphatic carbocycles. The number of nitrogens with one attached hydrogen (secondary N) is 1. The highest BCUT2D eigenvalue weighted by Crippen LogP contribution is 2.49. The Morgan fingerprint density at radius 3 is 2.27 bits per heavy atom. The Morgan fingerprint density at radius 1 is 1.05 bits per heavy atom. The Morgan fingerprint density at radius 2 is 1.73 bits per heavy atom. The van der Waals surface area contributed by atoms with E-state index in [1.165, 1.54) is 25.7 Å². The Hall–Kier alpha value is -1.06. The van der Waals surface area contributed by atoms with E-state index in [1.54, 1.807) is 4.90 Å². The molecule has 1 heterocycles. The lowest BCUT2D eigenvalue weighted by atomic mass is 9.84. The fourth-order valence-corrected chi connectivity index (χ4v) is 5.25. The van der Waals surface area contributed by atoms with Crippen molar-refractivity contribution in [1.82, 2.24) is 10.2 Å². The lowest BCUT2D eigenvalue weighted by molar-refractivity contribution is -0.148. The largest absolute Gasteiger partial charge is 0.345 e. The van der Waals surface area contributed by atoms with Gasteiger partial charge in [0.2, 0.25) is 0 Å². The summed E-state index contributed by atoms with van der Waals surface area (Å²) in [7, 11) is 0. The molecule has 6 atom stereocenters. The van der Waals surface area contributed by atoms with E-state index in [2.05, 4.69) is 26.1 Å². The zero-order chi connectivity index (χ0) is 15.9. The van der Waals surface area contributed by atoms with Crippen LogP contribution in [-0.2, 0) is 9.59 Å². The molecule has 0 aromatic rings. The number of rotatable bonds is 2. The van der Waals surface area contributed by atoms with Gasteiger partial charge < -0.3 is 10.2 Å². The second kappa shape index (κ2) is 6.21. The molecule has 22 heavy (non-hydrogen) atoms. The van der Waals surface area contributed by atoms with Crippen LogP contribution in [0.2, 0.25) is 0 Å². The third kappa shape index (κ3) is 3.16. The van der Waals surface area contributed by atoms with Crippen LogP contribution in [0.15, 0.2) is 0 Å². The molecule has 1 N–H and O–H groups in total. The van der Waals surface area contributed by atoms with Gasteiger partial charge in [0.25, 0.3) is 0 Å². The third-order valence-corrected chi connectivity index (χ3v) is 6.14. The standard InChI is InChI=1S/C18H30N2O2/c1-11-6-12(2)10-20(9-11)18(22)17(21)19-13(3)16-8-14-4-5-15(16)7-14/h11-16H,4-10H2,1-3H3,(H,19,21). The molecule has 4 heteroatoms. The summed E-state index contributed by atoms with van der Waals surface area (Å²) in [5.41, 5.74) is 0. The van der Waals surface area contributed by atoms with E-state index >= 15 is 0 Å². The van der Waals surface area contributed by atoms with Gasteiger partial charge in [-0.3, -0.25) is 9.59 Å². The van der Waals surface area contributed by atoms with E-state index < -0.39 is 5.91 Å². The molecule has 3 fully saturated rings. The maximum Gasteiger partial charge on any atom is 0.311 e. The summed E-state index contributed by atoms with van der Waals surface area (Å²) in [5, 5.41) is 3.00. The lowest BCUT2D eigenvalue weighted by Gasteiger charge is -2.35. The zero-order valence-corrected chi connectivity index (χ0v) is 14.2. The van der Waals surface area contributed by atoms with Crippen molar-refractivity contribution in [3.8, 4) is 0 Å². The smallest absolute Gasteiger partial charge is 0.311 e. The van der Waals surface area contributed by atoms with Crippen molar-refractivity contribution in [1.29, 1.82) is 0 Å². The molecular formula is C18H30N2O2. The molecular weight excluding hydrogens is 276 g/mol. The molecule has 0 aromatic heterocycles. The van der Waals surface area contributed by atoms with Gasteiger partial charge in [0.1, 0.15) is 0 Å². The summed E-state index contributed by atoms with van der Waals surface area (Å²) >= 11 is 0. The Kier molecular flexibility index (Phi) is 4.47. The number of likely N-dealkylation sites (tertiary alicyclic amines) is 1. The molecule has 2 saturated carbocycles. The van der Waals surface area contributed by atoms with Crippen molar-refractivity contribution in [2.45, 2.75) is 58.9 Å². The van der Waals surface area contributed by atoms with Gasteiger partial charge in [-0.1, -0.05) is 20.3 Å². The van der Waals surface area contributed by atoms with Crippen LogP contribution in [0.1, 0.15) is 52.9 Å². The number of carbonyl (C=O) groups excluding carboxylic acids is 2. The molecule has 124 valence electrons. The van der Waals surface area contributed by atoms with Crippen molar-refractivity contribution >= 4 is 11.8 Å². The van der Waals surface area contributed by atoms with Crippen LogP contribution in [-0.4, -0.2) is 35.8 Å².